The highest BCUT2D eigenvalue weighted by atomic mass is 16.7. The molecule has 2 aliphatic heterocycles. The standard InChI is InChI=1S/C19H19N7O3/c1-2-20-19(27)25-18-23-13-6-11(12-8-15-17(21-9-12)29-10-28-15)7-14(16(13)24-18)26-5-3-4-22-26/h4,6-9H,2-3,5,10H2,1H3,(H3,20,23,24,25,27). The number of amides is 2. The molecule has 0 fully saturated rings. The number of carbonyl (C=O) groups is 1. The van der Waals surface area contributed by atoms with Crippen LogP contribution in [0.1, 0.15) is 13.3 Å². The summed E-state index contributed by atoms with van der Waals surface area (Å²) in [6.45, 7) is 3.33. The Morgan fingerprint density at radius 1 is 1.28 bits per heavy atom. The number of aromatic amines is 1. The molecular formula is C19H19N7O3. The second-order valence-corrected chi connectivity index (χ2v) is 6.60. The van der Waals surface area contributed by atoms with E-state index >= 15 is 0 Å². The van der Waals surface area contributed by atoms with Gasteiger partial charge in [0.15, 0.2) is 5.75 Å². The van der Waals surface area contributed by atoms with Crippen LogP contribution in [0.5, 0.6) is 11.6 Å². The Labute approximate surface area is 165 Å². The third kappa shape index (κ3) is 3.18. The molecule has 0 saturated heterocycles. The normalized spacial score (nSPS) is 14.6. The molecule has 4 heterocycles. The summed E-state index contributed by atoms with van der Waals surface area (Å²) in [5.74, 6) is 1.48. The molecule has 29 heavy (non-hydrogen) atoms. The minimum Gasteiger partial charge on any atom is -0.452 e. The maximum atomic E-state index is 11.9. The summed E-state index contributed by atoms with van der Waals surface area (Å²) in [7, 11) is 0. The highest BCUT2D eigenvalue weighted by molar-refractivity contribution is 5.97. The van der Waals surface area contributed by atoms with Gasteiger partial charge in [0.05, 0.1) is 16.7 Å². The Morgan fingerprint density at radius 2 is 2.21 bits per heavy atom. The number of carbonyl (C=O) groups excluding carboxylic acids is 1. The number of hydrogen-bond donors (Lipinski definition) is 3. The van der Waals surface area contributed by atoms with Gasteiger partial charge in [-0.05, 0) is 30.7 Å². The van der Waals surface area contributed by atoms with Crippen LogP contribution in [0, 0.1) is 0 Å². The molecule has 3 N–H and O–H groups in total. The molecule has 0 unspecified atom stereocenters. The molecule has 148 valence electrons. The lowest BCUT2D eigenvalue weighted by Gasteiger charge is -2.16. The quantitative estimate of drug-likeness (QED) is 0.627. The number of nitrogens with zero attached hydrogens (tertiary/aromatic N) is 4. The van der Waals surface area contributed by atoms with Crippen LogP contribution in [0.15, 0.2) is 29.5 Å². The average Bonchev–Trinajstić information content (AvgIpc) is 3.46. The third-order valence-corrected chi connectivity index (χ3v) is 4.67. The number of hydrazone groups is 1. The van der Waals surface area contributed by atoms with E-state index in [1.165, 1.54) is 0 Å². The summed E-state index contributed by atoms with van der Waals surface area (Å²) in [5, 5.41) is 11.8. The van der Waals surface area contributed by atoms with Crippen molar-refractivity contribution in [2.45, 2.75) is 13.3 Å². The summed E-state index contributed by atoms with van der Waals surface area (Å²) in [4.78, 5) is 23.9. The predicted octanol–water partition coefficient (Wildman–Crippen LogP) is 2.69. The molecule has 2 aliphatic rings. The van der Waals surface area contributed by atoms with E-state index in [4.69, 9.17) is 9.47 Å². The van der Waals surface area contributed by atoms with Gasteiger partial charge in [-0.1, -0.05) is 0 Å². The molecule has 0 spiro atoms. The maximum Gasteiger partial charge on any atom is 0.321 e. The fourth-order valence-electron chi connectivity index (χ4n) is 3.36. The fraction of sp³-hybridized carbons (Fsp3) is 0.263. The number of fused-ring (bicyclic) bond motifs is 2. The van der Waals surface area contributed by atoms with Gasteiger partial charge in [-0.25, -0.2) is 14.8 Å². The van der Waals surface area contributed by atoms with Crippen molar-refractivity contribution in [3.8, 4) is 22.8 Å². The van der Waals surface area contributed by atoms with E-state index in [9.17, 15) is 4.79 Å². The Hall–Kier alpha value is -3.82. The number of nitrogens with one attached hydrogen (secondary N) is 3. The van der Waals surface area contributed by atoms with Crippen LogP contribution in [0.2, 0.25) is 0 Å². The first-order valence-electron chi connectivity index (χ1n) is 9.36. The van der Waals surface area contributed by atoms with Crippen molar-refractivity contribution in [3.63, 3.8) is 0 Å². The molecule has 2 aromatic heterocycles. The van der Waals surface area contributed by atoms with Crippen molar-refractivity contribution >= 4 is 34.9 Å². The van der Waals surface area contributed by atoms with Gasteiger partial charge in [-0.2, -0.15) is 5.10 Å². The van der Waals surface area contributed by atoms with E-state index in [0.717, 1.165) is 35.3 Å². The molecule has 0 atom stereocenters. The van der Waals surface area contributed by atoms with Crippen molar-refractivity contribution in [2.75, 3.05) is 30.2 Å². The molecule has 0 radical (unpaired) electrons. The highest BCUT2D eigenvalue weighted by Crippen LogP contribution is 2.37. The van der Waals surface area contributed by atoms with Gasteiger partial charge in [0.1, 0.15) is 0 Å². The van der Waals surface area contributed by atoms with Crippen LogP contribution in [-0.4, -0.2) is 47.1 Å². The molecule has 5 rings (SSSR count). The van der Waals surface area contributed by atoms with Gasteiger partial charge in [0.2, 0.25) is 12.7 Å². The zero-order valence-electron chi connectivity index (χ0n) is 15.7. The smallest absolute Gasteiger partial charge is 0.321 e. The Kier molecular flexibility index (Phi) is 4.15. The van der Waals surface area contributed by atoms with E-state index in [0.29, 0.717) is 29.6 Å². The van der Waals surface area contributed by atoms with E-state index in [-0.39, 0.29) is 12.8 Å². The highest BCUT2D eigenvalue weighted by Gasteiger charge is 2.20. The zero-order chi connectivity index (χ0) is 19.8. The lowest BCUT2D eigenvalue weighted by Crippen LogP contribution is -2.28. The Morgan fingerprint density at radius 3 is 3.03 bits per heavy atom. The van der Waals surface area contributed by atoms with E-state index < -0.39 is 0 Å². The lowest BCUT2D eigenvalue weighted by molar-refractivity contribution is 0.171. The summed E-state index contributed by atoms with van der Waals surface area (Å²) >= 11 is 0. The number of hydrogen-bond acceptors (Lipinski definition) is 7. The first kappa shape index (κ1) is 17.3. The van der Waals surface area contributed by atoms with Gasteiger partial charge in [-0.3, -0.25) is 10.3 Å². The van der Waals surface area contributed by atoms with Crippen molar-refractivity contribution in [1.82, 2.24) is 20.3 Å². The zero-order valence-corrected chi connectivity index (χ0v) is 15.7. The summed E-state index contributed by atoms with van der Waals surface area (Å²) in [6.07, 6.45) is 4.49. The van der Waals surface area contributed by atoms with E-state index in [2.05, 4.69) is 30.7 Å². The van der Waals surface area contributed by atoms with Crippen molar-refractivity contribution in [3.05, 3.63) is 24.4 Å². The predicted molar refractivity (Wildman–Crippen MR) is 109 cm³/mol. The number of aromatic nitrogens is 3. The second kappa shape index (κ2) is 6.97. The average molecular weight is 393 g/mol. The minimum absolute atomic E-state index is 0.173. The van der Waals surface area contributed by atoms with Gasteiger partial charge in [-0.15, -0.1) is 0 Å². The Bertz CT molecular complexity index is 1120. The van der Waals surface area contributed by atoms with Crippen molar-refractivity contribution in [2.24, 2.45) is 5.10 Å². The molecule has 10 nitrogen and oxygen atoms in total. The van der Waals surface area contributed by atoms with E-state index in [1.807, 2.05) is 36.3 Å². The molecule has 0 saturated carbocycles. The maximum absolute atomic E-state index is 11.9. The molecular weight excluding hydrogens is 374 g/mol. The van der Waals surface area contributed by atoms with Gasteiger partial charge >= 0.3 is 6.03 Å². The first-order valence-corrected chi connectivity index (χ1v) is 9.36. The lowest BCUT2D eigenvalue weighted by atomic mass is 10.1. The van der Waals surface area contributed by atoms with Crippen LogP contribution < -0.4 is 25.1 Å². The fourth-order valence-corrected chi connectivity index (χ4v) is 3.36. The van der Waals surface area contributed by atoms with Gasteiger partial charge in [0, 0.05) is 37.5 Å². The SMILES string of the molecule is CCNC(=O)Nc1nc2cc(-c3cnc4c(c3)OCO4)cc(N3CCC=N3)c2[nH]1. The van der Waals surface area contributed by atoms with Crippen LogP contribution in [0.3, 0.4) is 0 Å². The molecule has 2 amide bonds. The summed E-state index contributed by atoms with van der Waals surface area (Å²) in [6, 6.07) is 5.55. The minimum atomic E-state index is -0.313. The largest absolute Gasteiger partial charge is 0.452 e. The van der Waals surface area contributed by atoms with Crippen LogP contribution in [-0.2, 0) is 0 Å². The van der Waals surface area contributed by atoms with Crippen LogP contribution in [0.4, 0.5) is 16.4 Å². The number of H-pyrrole nitrogens is 1. The van der Waals surface area contributed by atoms with Crippen molar-refractivity contribution < 1.29 is 14.3 Å². The number of imidazole rings is 1. The number of urea groups is 1. The number of pyridine rings is 1. The van der Waals surface area contributed by atoms with Gasteiger partial charge in [0.25, 0.3) is 5.88 Å². The van der Waals surface area contributed by atoms with Crippen LogP contribution in [0.25, 0.3) is 22.2 Å². The monoisotopic (exact) mass is 393 g/mol. The van der Waals surface area contributed by atoms with Gasteiger partial charge < -0.3 is 19.8 Å². The summed E-state index contributed by atoms with van der Waals surface area (Å²) < 4.78 is 10.8. The van der Waals surface area contributed by atoms with Crippen LogP contribution >= 0.6 is 0 Å². The molecule has 0 bridgehead atoms. The summed E-state index contributed by atoms with van der Waals surface area (Å²) in [5.41, 5.74) is 4.18. The van der Waals surface area contributed by atoms with E-state index in [1.54, 1.807) is 6.20 Å². The first-order chi connectivity index (χ1) is 14.2. The molecule has 0 aliphatic carbocycles. The Balaban J connectivity index is 1.59. The number of ether oxygens (including phenoxy) is 2. The topological polar surface area (TPSA) is 117 Å². The number of rotatable bonds is 4. The number of anilines is 2. The number of benzene rings is 1. The third-order valence-electron chi connectivity index (χ3n) is 4.67. The molecule has 10 heteroatoms. The molecule has 3 aromatic rings. The molecule has 1 aromatic carbocycles. The van der Waals surface area contributed by atoms with Crippen molar-refractivity contribution in [1.29, 1.82) is 0 Å². The second-order valence-electron chi connectivity index (χ2n) is 6.60.